The van der Waals surface area contributed by atoms with E-state index in [1.165, 1.54) is 18.2 Å². The van der Waals surface area contributed by atoms with Gasteiger partial charge in [-0.15, -0.1) is 0 Å². The van der Waals surface area contributed by atoms with E-state index in [1.807, 2.05) is 0 Å². The van der Waals surface area contributed by atoms with Crippen molar-refractivity contribution in [1.29, 1.82) is 0 Å². The van der Waals surface area contributed by atoms with Crippen LogP contribution in [-0.2, 0) is 14.3 Å². The lowest BCUT2D eigenvalue weighted by atomic mass is 10.2. The number of benzene rings is 2. The molecule has 0 aliphatic rings. The lowest BCUT2D eigenvalue weighted by Crippen LogP contribution is -2.32. The molecule has 2 rings (SSSR count). The second-order valence-corrected chi connectivity index (χ2v) is 5.80. The Balaban J connectivity index is 1.77. The summed E-state index contributed by atoms with van der Waals surface area (Å²) in [6.45, 7) is 0.833. The Labute approximate surface area is 154 Å². The molecular formula is C18H16ClFN2O4. The van der Waals surface area contributed by atoms with Crippen LogP contribution in [0.2, 0.25) is 5.02 Å². The maximum atomic E-state index is 13.0. The summed E-state index contributed by atoms with van der Waals surface area (Å²) in [5.41, 5.74) is 1.39. The maximum absolute atomic E-state index is 13.0. The van der Waals surface area contributed by atoms with Gasteiger partial charge in [-0.1, -0.05) is 23.7 Å². The molecule has 0 heterocycles. The Morgan fingerprint density at radius 2 is 1.92 bits per heavy atom. The first-order valence-electron chi connectivity index (χ1n) is 7.60. The van der Waals surface area contributed by atoms with Crippen LogP contribution in [0.4, 0.5) is 10.1 Å². The van der Waals surface area contributed by atoms with Crippen LogP contribution in [0, 0.1) is 12.7 Å². The average Bonchev–Trinajstić information content (AvgIpc) is 2.61. The van der Waals surface area contributed by atoms with Crippen LogP contribution in [0.25, 0.3) is 0 Å². The van der Waals surface area contributed by atoms with Crippen LogP contribution < -0.4 is 10.6 Å². The third kappa shape index (κ3) is 5.86. The third-order valence-electron chi connectivity index (χ3n) is 3.32. The van der Waals surface area contributed by atoms with Gasteiger partial charge in [-0.05, 0) is 42.8 Å². The zero-order valence-electron chi connectivity index (χ0n) is 13.8. The van der Waals surface area contributed by atoms with Crippen molar-refractivity contribution in [2.24, 2.45) is 0 Å². The second-order valence-electron chi connectivity index (χ2n) is 5.36. The summed E-state index contributed by atoms with van der Waals surface area (Å²) in [5.74, 6) is -2.53. The van der Waals surface area contributed by atoms with E-state index in [4.69, 9.17) is 16.3 Å². The van der Waals surface area contributed by atoms with Gasteiger partial charge in [0.1, 0.15) is 12.4 Å². The highest BCUT2D eigenvalue weighted by atomic mass is 35.5. The largest absolute Gasteiger partial charge is 0.454 e. The Bertz CT molecular complexity index is 842. The molecule has 0 spiro atoms. The lowest BCUT2D eigenvalue weighted by molar-refractivity contribution is -0.146. The molecule has 0 aliphatic heterocycles. The van der Waals surface area contributed by atoms with Crippen LogP contribution in [0.15, 0.2) is 42.5 Å². The third-order valence-corrected chi connectivity index (χ3v) is 3.55. The standard InChI is InChI=1S/C18H16ClFN2O4/c1-11-5-6-13(19)8-15(11)22-16(23)10-26-17(24)9-21-18(25)12-3-2-4-14(20)7-12/h2-8H,9-10H2,1H3,(H,21,25)(H,22,23). The van der Waals surface area contributed by atoms with Crippen molar-refractivity contribution in [1.82, 2.24) is 5.32 Å². The summed E-state index contributed by atoms with van der Waals surface area (Å²) in [4.78, 5) is 35.2. The van der Waals surface area contributed by atoms with Crippen molar-refractivity contribution in [3.05, 3.63) is 64.4 Å². The number of ether oxygens (including phenoxy) is 1. The van der Waals surface area contributed by atoms with E-state index < -0.39 is 36.8 Å². The number of carbonyl (C=O) groups is 3. The fourth-order valence-electron chi connectivity index (χ4n) is 2.00. The minimum Gasteiger partial charge on any atom is -0.454 e. The monoisotopic (exact) mass is 378 g/mol. The summed E-state index contributed by atoms with van der Waals surface area (Å²) in [6.07, 6.45) is 0. The molecule has 0 saturated carbocycles. The highest BCUT2D eigenvalue weighted by Gasteiger charge is 2.12. The van der Waals surface area contributed by atoms with E-state index in [-0.39, 0.29) is 5.56 Å². The van der Waals surface area contributed by atoms with Crippen LogP contribution in [0.3, 0.4) is 0 Å². The van der Waals surface area contributed by atoms with Crippen molar-refractivity contribution in [3.8, 4) is 0 Å². The summed E-state index contributed by atoms with van der Waals surface area (Å²) in [6, 6.07) is 10.0. The van der Waals surface area contributed by atoms with Crippen molar-refractivity contribution in [2.75, 3.05) is 18.5 Å². The highest BCUT2D eigenvalue weighted by Crippen LogP contribution is 2.19. The summed E-state index contributed by atoms with van der Waals surface area (Å²) >= 11 is 5.86. The van der Waals surface area contributed by atoms with E-state index in [9.17, 15) is 18.8 Å². The van der Waals surface area contributed by atoms with Gasteiger partial charge in [0.05, 0.1) is 0 Å². The summed E-state index contributed by atoms with van der Waals surface area (Å²) in [5, 5.41) is 5.32. The molecule has 0 fully saturated rings. The number of aryl methyl sites for hydroxylation is 1. The van der Waals surface area contributed by atoms with Gasteiger partial charge in [0.2, 0.25) is 0 Å². The minimum absolute atomic E-state index is 0.0759. The molecule has 2 N–H and O–H groups in total. The van der Waals surface area contributed by atoms with Crippen molar-refractivity contribution in [2.45, 2.75) is 6.92 Å². The Hall–Kier alpha value is -2.93. The van der Waals surface area contributed by atoms with E-state index in [2.05, 4.69) is 10.6 Å². The topological polar surface area (TPSA) is 84.5 Å². The Morgan fingerprint density at radius 3 is 2.65 bits per heavy atom. The van der Waals surface area contributed by atoms with Gasteiger partial charge in [-0.3, -0.25) is 14.4 Å². The number of anilines is 1. The van der Waals surface area contributed by atoms with Crippen LogP contribution >= 0.6 is 11.6 Å². The van der Waals surface area contributed by atoms with Crippen molar-refractivity contribution in [3.63, 3.8) is 0 Å². The van der Waals surface area contributed by atoms with Gasteiger partial charge in [0.25, 0.3) is 11.8 Å². The molecule has 0 saturated heterocycles. The average molecular weight is 379 g/mol. The number of hydrogen-bond donors (Lipinski definition) is 2. The number of esters is 1. The molecule has 0 unspecified atom stereocenters. The first-order valence-corrected chi connectivity index (χ1v) is 7.98. The molecule has 0 bridgehead atoms. The Morgan fingerprint density at radius 1 is 1.15 bits per heavy atom. The number of rotatable bonds is 6. The molecule has 6 nitrogen and oxygen atoms in total. The van der Waals surface area contributed by atoms with Gasteiger partial charge in [-0.25, -0.2) is 4.39 Å². The smallest absolute Gasteiger partial charge is 0.325 e. The molecule has 2 amide bonds. The summed E-state index contributed by atoms with van der Waals surface area (Å²) < 4.78 is 17.8. The fourth-order valence-corrected chi connectivity index (χ4v) is 2.17. The molecule has 2 aromatic rings. The van der Waals surface area contributed by atoms with Gasteiger partial charge in [-0.2, -0.15) is 0 Å². The molecule has 2 aromatic carbocycles. The van der Waals surface area contributed by atoms with Crippen LogP contribution in [-0.4, -0.2) is 30.9 Å². The van der Waals surface area contributed by atoms with Gasteiger partial charge >= 0.3 is 5.97 Å². The molecule has 0 aliphatic carbocycles. The maximum Gasteiger partial charge on any atom is 0.325 e. The quantitative estimate of drug-likeness (QED) is 0.757. The molecule has 0 radical (unpaired) electrons. The highest BCUT2D eigenvalue weighted by molar-refractivity contribution is 6.31. The van der Waals surface area contributed by atoms with Crippen molar-refractivity contribution < 1.29 is 23.5 Å². The fraction of sp³-hybridized carbons (Fsp3) is 0.167. The first kappa shape index (κ1) is 19.4. The molecule has 8 heteroatoms. The van der Waals surface area contributed by atoms with E-state index in [0.717, 1.165) is 11.6 Å². The van der Waals surface area contributed by atoms with E-state index in [1.54, 1.807) is 25.1 Å². The molecule has 26 heavy (non-hydrogen) atoms. The zero-order valence-corrected chi connectivity index (χ0v) is 14.6. The summed E-state index contributed by atoms with van der Waals surface area (Å²) in [7, 11) is 0. The van der Waals surface area contributed by atoms with Gasteiger partial charge < -0.3 is 15.4 Å². The molecule has 136 valence electrons. The number of carbonyl (C=O) groups excluding carboxylic acids is 3. The molecular weight excluding hydrogens is 363 g/mol. The zero-order chi connectivity index (χ0) is 19.1. The van der Waals surface area contributed by atoms with E-state index in [0.29, 0.717) is 10.7 Å². The predicted octanol–water partition coefficient (Wildman–Crippen LogP) is 2.70. The normalized spacial score (nSPS) is 10.1. The van der Waals surface area contributed by atoms with Gasteiger partial charge in [0, 0.05) is 16.3 Å². The van der Waals surface area contributed by atoms with Gasteiger partial charge in [0.15, 0.2) is 6.61 Å². The SMILES string of the molecule is Cc1ccc(Cl)cc1NC(=O)COC(=O)CNC(=O)c1cccc(F)c1. The van der Waals surface area contributed by atoms with Crippen molar-refractivity contribution >= 4 is 35.1 Å². The first-order chi connectivity index (χ1) is 12.3. The lowest BCUT2D eigenvalue weighted by Gasteiger charge is -2.10. The van der Waals surface area contributed by atoms with Crippen LogP contribution in [0.5, 0.6) is 0 Å². The van der Waals surface area contributed by atoms with E-state index >= 15 is 0 Å². The number of amides is 2. The second kappa shape index (κ2) is 8.96. The number of nitrogens with one attached hydrogen (secondary N) is 2. The Kier molecular flexibility index (Phi) is 6.68. The predicted molar refractivity (Wildman–Crippen MR) is 94.5 cm³/mol. The molecule has 0 atom stereocenters. The molecule has 0 aromatic heterocycles. The number of halogens is 2. The van der Waals surface area contributed by atoms with Crippen LogP contribution in [0.1, 0.15) is 15.9 Å². The minimum atomic E-state index is -0.798. The number of hydrogen-bond acceptors (Lipinski definition) is 4.